The molecule has 0 saturated carbocycles. The van der Waals surface area contributed by atoms with Crippen LogP contribution in [-0.4, -0.2) is 29.1 Å². The Balaban J connectivity index is 2.20. The summed E-state index contributed by atoms with van der Waals surface area (Å²) in [6, 6.07) is 0.787. The minimum atomic E-state index is -2.12. The van der Waals surface area contributed by atoms with E-state index in [1.807, 2.05) is 0 Å². The Morgan fingerprint density at radius 3 is 2.35 bits per heavy atom. The van der Waals surface area contributed by atoms with Crippen molar-refractivity contribution < 1.29 is 4.57 Å². The monoisotopic (exact) mass is 255 g/mol. The second kappa shape index (κ2) is 4.90. The molecule has 0 amide bonds. The van der Waals surface area contributed by atoms with E-state index in [-0.39, 0.29) is 0 Å². The average molecular weight is 255 g/mol. The molecule has 0 aromatic carbocycles. The van der Waals surface area contributed by atoms with E-state index in [2.05, 4.69) is 44.5 Å². The normalized spacial score (nSPS) is 37.1. The summed E-state index contributed by atoms with van der Waals surface area (Å²) >= 11 is 0. The quantitative estimate of drug-likeness (QED) is 0.561. The zero-order chi connectivity index (χ0) is 12.6. The van der Waals surface area contributed by atoms with E-state index in [4.69, 9.17) is 0 Å². The first-order valence-corrected chi connectivity index (χ1v) is 9.00. The number of rotatable bonds is 3. The summed E-state index contributed by atoms with van der Waals surface area (Å²) in [5.74, 6) is 1.28. The topological polar surface area (TPSA) is 20.3 Å². The van der Waals surface area contributed by atoms with Crippen LogP contribution in [0.2, 0.25) is 0 Å². The van der Waals surface area contributed by atoms with Gasteiger partial charge in [-0.15, -0.1) is 0 Å². The van der Waals surface area contributed by atoms with Crippen LogP contribution >= 0.6 is 7.29 Å². The van der Waals surface area contributed by atoms with E-state index in [1.54, 1.807) is 0 Å². The molecule has 17 heavy (non-hydrogen) atoms. The van der Waals surface area contributed by atoms with Gasteiger partial charge < -0.3 is 4.57 Å². The van der Waals surface area contributed by atoms with E-state index in [1.165, 1.54) is 12.8 Å². The van der Waals surface area contributed by atoms with E-state index in [9.17, 15) is 4.57 Å². The minimum absolute atomic E-state index is 0.393. The lowest BCUT2D eigenvalue weighted by molar-refractivity contribution is 0.300. The number of hydrogen-bond donors (Lipinski definition) is 0. The van der Waals surface area contributed by atoms with Gasteiger partial charge in [0.15, 0.2) is 7.29 Å². The van der Waals surface area contributed by atoms with Crippen molar-refractivity contribution in [3.05, 3.63) is 12.2 Å². The summed E-state index contributed by atoms with van der Waals surface area (Å²) in [5.41, 5.74) is 0. The molecule has 1 heterocycles. The van der Waals surface area contributed by atoms with Crippen molar-refractivity contribution in [2.45, 2.75) is 52.6 Å². The third-order valence-electron chi connectivity index (χ3n) is 4.19. The molecule has 2 rings (SSSR count). The number of nitrogens with zero attached hydrogens (tertiary/aromatic N) is 1. The van der Waals surface area contributed by atoms with Crippen LogP contribution in [0.15, 0.2) is 12.2 Å². The van der Waals surface area contributed by atoms with Crippen molar-refractivity contribution in [2.75, 3.05) is 12.3 Å². The van der Waals surface area contributed by atoms with Crippen molar-refractivity contribution in [2.24, 2.45) is 11.8 Å². The van der Waals surface area contributed by atoms with Crippen molar-refractivity contribution in [3.63, 3.8) is 0 Å². The summed E-state index contributed by atoms with van der Waals surface area (Å²) in [6.45, 7) is 8.71. The molecular formula is C14H26NOP. The van der Waals surface area contributed by atoms with Gasteiger partial charge in [0.1, 0.15) is 0 Å². The molecule has 0 radical (unpaired) electrons. The fourth-order valence-corrected chi connectivity index (χ4v) is 8.26. The molecule has 0 aromatic rings. The predicted octanol–water partition coefficient (Wildman–Crippen LogP) is 3.98. The first-order valence-electron chi connectivity index (χ1n) is 6.97. The van der Waals surface area contributed by atoms with Crippen LogP contribution in [0.4, 0.5) is 0 Å². The fraction of sp³-hybridized carbons (Fsp3) is 0.857. The Hall–Kier alpha value is -0.0700. The van der Waals surface area contributed by atoms with Crippen LogP contribution < -0.4 is 0 Å². The molecule has 1 unspecified atom stereocenters. The van der Waals surface area contributed by atoms with Gasteiger partial charge in [0.05, 0.1) is 0 Å². The molecule has 0 spiro atoms. The van der Waals surface area contributed by atoms with Gasteiger partial charge in [0.2, 0.25) is 0 Å². The van der Waals surface area contributed by atoms with Gasteiger partial charge in [-0.3, -0.25) is 0 Å². The molecule has 0 N–H and O–H groups in total. The van der Waals surface area contributed by atoms with Gasteiger partial charge in [-0.1, -0.05) is 12.2 Å². The first-order chi connectivity index (χ1) is 7.94. The second-order valence-corrected chi connectivity index (χ2v) is 9.09. The lowest BCUT2D eigenvalue weighted by Crippen LogP contribution is -2.35. The Kier molecular flexibility index (Phi) is 3.85. The molecule has 1 fully saturated rings. The first kappa shape index (κ1) is 13.4. The molecule has 1 aliphatic heterocycles. The molecule has 2 aliphatic rings. The zero-order valence-corrected chi connectivity index (χ0v) is 12.5. The zero-order valence-electron chi connectivity index (χ0n) is 11.6. The Bertz CT molecular complexity index is 340. The van der Waals surface area contributed by atoms with Crippen molar-refractivity contribution >= 4 is 7.29 Å². The Labute approximate surface area is 106 Å². The highest BCUT2D eigenvalue weighted by Crippen LogP contribution is 2.62. The smallest absolute Gasteiger partial charge is 0.151 e. The molecule has 3 atom stereocenters. The van der Waals surface area contributed by atoms with Crippen molar-refractivity contribution in [1.82, 2.24) is 4.67 Å². The van der Waals surface area contributed by atoms with Crippen LogP contribution in [0.1, 0.15) is 40.5 Å². The summed E-state index contributed by atoms with van der Waals surface area (Å²) < 4.78 is 15.6. The van der Waals surface area contributed by atoms with Gasteiger partial charge >= 0.3 is 0 Å². The molecule has 0 bridgehead atoms. The molecule has 1 saturated heterocycles. The number of fused-ring (bicyclic) bond motifs is 1. The predicted molar refractivity (Wildman–Crippen MR) is 74.8 cm³/mol. The second-order valence-electron chi connectivity index (χ2n) is 6.21. The van der Waals surface area contributed by atoms with Gasteiger partial charge in [-0.05, 0) is 52.4 Å². The lowest BCUT2D eigenvalue weighted by Gasteiger charge is -2.36. The number of hydrogen-bond acceptors (Lipinski definition) is 1. The van der Waals surface area contributed by atoms with Gasteiger partial charge in [0, 0.05) is 24.4 Å². The highest BCUT2D eigenvalue weighted by atomic mass is 31.2. The summed E-state index contributed by atoms with van der Waals surface area (Å²) in [5, 5.41) is 0. The summed E-state index contributed by atoms with van der Waals surface area (Å²) in [7, 11) is -2.12. The molecule has 2 nitrogen and oxygen atoms in total. The summed E-state index contributed by atoms with van der Waals surface area (Å²) in [4.78, 5) is 0. The molecule has 3 heteroatoms. The minimum Gasteiger partial charge on any atom is -0.306 e. The summed E-state index contributed by atoms with van der Waals surface area (Å²) in [6.07, 6.45) is 8.92. The van der Waals surface area contributed by atoms with Gasteiger partial charge in [-0.25, -0.2) is 4.67 Å². The maximum Gasteiger partial charge on any atom is 0.151 e. The van der Waals surface area contributed by atoms with Crippen molar-refractivity contribution in [1.29, 1.82) is 0 Å². The lowest BCUT2D eigenvalue weighted by atomic mass is 9.87. The standard InChI is InChI=1S/C14H26NOP/c1-11(2)15(12(3)4)17(16)9-13-7-5-6-8-14(13)10-17/h5,7,11-14H,6,8-10H2,1-4H3/t13-,14+,17?/m1/s1. The van der Waals surface area contributed by atoms with Crippen LogP contribution in [0.5, 0.6) is 0 Å². The Morgan fingerprint density at radius 1 is 1.18 bits per heavy atom. The van der Waals surface area contributed by atoms with Crippen LogP contribution in [0, 0.1) is 11.8 Å². The Morgan fingerprint density at radius 2 is 1.82 bits per heavy atom. The highest BCUT2D eigenvalue weighted by molar-refractivity contribution is 7.61. The SMILES string of the molecule is CC(C)N(C(C)C)P1(=O)C[C@@H]2CCC=C[C@@H]2C1. The molecule has 1 aliphatic carbocycles. The third kappa shape index (κ3) is 2.53. The van der Waals surface area contributed by atoms with Gasteiger partial charge in [0.25, 0.3) is 0 Å². The molecular weight excluding hydrogens is 229 g/mol. The van der Waals surface area contributed by atoms with E-state index < -0.39 is 7.29 Å². The van der Waals surface area contributed by atoms with Crippen LogP contribution in [0.3, 0.4) is 0 Å². The van der Waals surface area contributed by atoms with E-state index >= 15 is 0 Å². The molecule has 98 valence electrons. The third-order valence-corrected chi connectivity index (χ3v) is 7.99. The van der Waals surface area contributed by atoms with Crippen molar-refractivity contribution in [3.8, 4) is 0 Å². The largest absolute Gasteiger partial charge is 0.306 e. The van der Waals surface area contributed by atoms with Gasteiger partial charge in [-0.2, -0.15) is 0 Å². The average Bonchev–Trinajstić information content (AvgIpc) is 2.52. The van der Waals surface area contributed by atoms with E-state index in [0.29, 0.717) is 23.9 Å². The fourth-order valence-electron chi connectivity index (χ4n) is 3.79. The highest BCUT2D eigenvalue weighted by Gasteiger charge is 2.46. The maximum atomic E-state index is 13.3. The van der Waals surface area contributed by atoms with E-state index in [0.717, 1.165) is 12.3 Å². The van der Waals surface area contributed by atoms with Crippen LogP contribution in [-0.2, 0) is 4.57 Å². The molecule has 0 aromatic heterocycles. The number of allylic oxidation sites excluding steroid dienone is 2. The maximum absolute atomic E-state index is 13.3. The van der Waals surface area contributed by atoms with Crippen LogP contribution in [0.25, 0.3) is 0 Å².